The Labute approximate surface area is 200 Å². The Morgan fingerprint density at radius 2 is 1.82 bits per heavy atom. The van der Waals surface area contributed by atoms with Gasteiger partial charge < -0.3 is 20.3 Å². The Hall–Kier alpha value is -3.05. The summed E-state index contributed by atoms with van der Waals surface area (Å²) in [5, 5.41) is -0.0727. The second kappa shape index (κ2) is 10.9. The summed E-state index contributed by atoms with van der Waals surface area (Å²) in [5.41, 5.74) is 4.99. The summed E-state index contributed by atoms with van der Waals surface area (Å²) in [4.78, 5) is 33.5. The molecule has 0 aliphatic carbocycles. The van der Waals surface area contributed by atoms with Crippen molar-refractivity contribution in [3.05, 3.63) is 47.1 Å². The molecule has 0 saturated carbocycles. The van der Waals surface area contributed by atoms with Gasteiger partial charge >= 0.3 is 6.18 Å². The number of alkyl halides is 3. The first-order chi connectivity index (χ1) is 16.1. The van der Waals surface area contributed by atoms with E-state index in [-0.39, 0.29) is 36.3 Å². The van der Waals surface area contributed by atoms with E-state index in [1.54, 1.807) is 29.2 Å². The molecule has 34 heavy (non-hydrogen) atoms. The molecule has 0 unspecified atom stereocenters. The largest absolute Gasteiger partial charge is 0.497 e. The minimum atomic E-state index is -4.52. The fraction of sp³-hybridized carbons (Fsp3) is 0.409. The van der Waals surface area contributed by atoms with E-state index in [0.29, 0.717) is 37.6 Å². The van der Waals surface area contributed by atoms with Gasteiger partial charge in [0.15, 0.2) is 0 Å². The molecule has 0 bridgehead atoms. The van der Waals surface area contributed by atoms with Crippen LogP contribution in [-0.2, 0) is 15.8 Å². The zero-order valence-corrected chi connectivity index (χ0v) is 19.3. The average Bonchev–Trinajstić information content (AvgIpc) is 2.79. The van der Waals surface area contributed by atoms with Crippen molar-refractivity contribution >= 4 is 34.9 Å². The molecule has 12 heteroatoms. The van der Waals surface area contributed by atoms with Crippen LogP contribution in [0.2, 0.25) is 5.02 Å². The van der Waals surface area contributed by atoms with Crippen molar-refractivity contribution in [2.45, 2.75) is 12.6 Å². The van der Waals surface area contributed by atoms with Crippen molar-refractivity contribution in [2.24, 2.45) is 5.73 Å². The molecule has 2 amide bonds. The van der Waals surface area contributed by atoms with E-state index in [2.05, 4.69) is 4.98 Å². The molecule has 8 nitrogen and oxygen atoms in total. The molecule has 0 spiro atoms. The third-order valence-electron chi connectivity index (χ3n) is 5.45. The summed E-state index contributed by atoms with van der Waals surface area (Å²) >= 11 is 6.06. The van der Waals surface area contributed by atoms with Gasteiger partial charge in [0.1, 0.15) is 11.6 Å². The number of benzene rings is 1. The summed E-state index contributed by atoms with van der Waals surface area (Å²) in [7, 11) is 1.54. The number of halogens is 4. The van der Waals surface area contributed by atoms with Gasteiger partial charge in [0.2, 0.25) is 11.8 Å². The zero-order valence-electron chi connectivity index (χ0n) is 18.5. The first-order valence-electron chi connectivity index (χ1n) is 10.5. The van der Waals surface area contributed by atoms with Crippen LogP contribution in [0.1, 0.15) is 12.0 Å². The molecule has 0 atom stereocenters. The van der Waals surface area contributed by atoms with Crippen LogP contribution in [-0.4, -0.2) is 68.1 Å². The molecule has 1 aromatic carbocycles. The lowest BCUT2D eigenvalue weighted by atomic mass is 10.2. The number of nitrogens with two attached hydrogens (primary N) is 1. The van der Waals surface area contributed by atoms with Gasteiger partial charge in [-0.05, 0) is 30.3 Å². The third kappa shape index (κ3) is 6.51. The Balaban J connectivity index is 1.63. The SMILES string of the molecule is COc1ccc(N(CCC(N)=O)C(=O)CN2CCN(c3ncc(C(F)(F)F)cc3Cl)CC2)cc1. The highest BCUT2D eigenvalue weighted by atomic mass is 35.5. The maximum absolute atomic E-state index is 13.1. The van der Waals surface area contributed by atoms with E-state index >= 15 is 0 Å². The molecule has 1 aromatic heterocycles. The van der Waals surface area contributed by atoms with Crippen LogP contribution in [0.5, 0.6) is 5.75 Å². The van der Waals surface area contributed by atoms with E-state index < -0.39 is 17.6 Å². The number of methoxy groups -OCH3 is 1. The van der Waals surface area contributed by atoms with Crippen LogP contribution in [0.4, 0.5) is 24.7 Å². The Bertz CT molecular complexity index is 1010. The number of ether oxygens (including phenoxy) is 1. The average molecular weight is 500 g/mol. The monoisotopic (exact) mass is 499 g/mol. The van der Waals surface area contributed by atoms with Gasteiger partial charge in [0.25, 0.3) is 0 Å². The number of primary amides is 1. The molecule has 1 aliphatic rings. The normalized spacial score (nSPS) is 14.7. The van der Waals surface area contributed by atoms with E-state index in [9.17, 15) is 22.8 Å². The van der Waals surface area contributed by atoms with Gasteiger partial charge in [-0.2, -0.15) is 13.2 Å². The highest BCUT2D eigenvalue weighted by Crippen LogP contribution is 2.33. The van der Waals surface area contributed by atoms with Crippen LogP contribution in [0.15, 0.2) is 36.5 Å². The number of nitrogens with zero attached hydrogens (tertiary/aromatic N) is 4. The van der Waals surface area contributed by atoms with Crippen molar-refractivity contribution in [3.8, 4) is 5.75 Å². The van der Waals surface area contributed by atoms with Gasteiger partial charge in [-0.3, -0.25) is 14.5 Å². The molecule has 0 radical (unpaired) electrons. The predicted molar refractivity (Wildman–Crippen MR) is 122 cm³/mol. The quantitative estimate of drug-likeness (QED) is 0.600. The summed E-state index contributed by atoms with van der Waals surface area (Å²) in [6.07, 6.45) is -3.73. The molecule has 1 aliphatic heterocycles. The van der Waals surface area contributed by atoms with Crippen LogP contribution >= 0.6 is 11.6 Å². The Kier molecular flexibility index (Phi) is 8.21. The number of rotatable bonds is 8. The van der Waals surface area contributed by atoms with Crippen molar-refractivity contribution in [1.82, 2.24) is 9.88 Å². The van der Waals surface area contributed by atoms with Gasteiger partial charge in [-0.25, -0.2) is 4.98 Å². The minimum Gasteiger partial charge on any atom is -0.497 e. The summed E-state index contributed by atoms with van der Waals surface area (Å²) in [5.74, 6) is 0.200. The lowest BCUT2D eigenvalue weighted by Gasteiger charge is -2.36. The number of aromatic nitrogens is 1. The molecule has 184 valence electrons. The lowest BCUT2D eigenvalue weighted by Crippen LogP contribution is -2.50. The standard InChI is InChI=1S/C22H25ClF3N5O3/c1-34-17-4-2-16(3-5-17)31(7-6-19(27)32)20(33)14-29-8-10-30(11-9-29)21-18(23)12-15(13-28-21)22(24,25)26/h2-5,12-13H,6-11,14H2,1H3,(H2,27,32). The first kappa shape index (κ1) is 25.6. The number of amides is 2. The first-order valence-corrected chi connectivity index (χ1v) is 10.9. The lowest BCUT2D eigenvalue weighted by molar-refractivity contribution is -0.137. The molecular formula is C22H25ClF3N5O3. The van der Waals surface area contributed by atoms with E-state index in [4.69, 9.17) is 22.1 Å². The number of hydrogen-bond acceptors (Lipinski definition) is 6. The topological polar surface area (TPSA) is 92.0 Å². The van der Waals surface area contributed by atoms with Crippen molar-refractivity contribution in [2.75, 3.05) is 56.2 Å². The number of pyridine rings is 1. The van der Waals surface area contributed by atoms with Gasteiger partial charge in [0.05, 0.1) is 24.2 Å². The third-order valence-corrected chi connectivity index (χ3v) is 5.72. The summed E-state index contributed by atoms with van der Waals surface area (Å²) < 4.78 is 43.7. The maximum Gasteiger partial charge on any atom is 0.417 e. The minimum absolute atomic E-state index is 0.0175. The van der Waals surface area contributed by atoms with Gasteiger partial charge in [-0.1, -0.05) is 11.6 Å². The maximum atomic E-state index is 13.1. The van der Waals surface area contributed by atoms with Gasteiger partial charge in [-0.15, -0.1) is 0 Å². The van der Waals surface area contributed by atoms with Gasteiger partial charge in [0, 0.05) is 51.0 Å². The highest BCUT2D eigenvalue weighted by Gasteiger charge is 2.32. The summed E-state index contributed by atoms with van der Waals surface area (Å²) in [6.45, 7) is 2.09. The molecule has 3 rings (SSSR count). The van der Waals surface area contributed by atoms with Crippen LogP contribution in [0.25, 0.3) is 0 Å². The zero-order chi connectivity index (χ0) is 24.9. The second-order valence-corrected chi connectivity index (χ2v) is 8.16. The summed E-state index contributed by atoms with van der Waals surface area (Å²) in [6, 6.07) is 7.77. The smallest absolute Gasteiger partial charge is 0.417 e. The molecule has 2 aromatic rings. The molecule has 2 heterocycles. The highest BCUT2D eigenvalue weighted by molar-refractivity contribution is 6.33. The van der Waals surface area contributed by atoms with Crippen molar-refractivity contribution < 1.29 is 27.5 Å². The second-order valence-electron chi connectivity index (χ2n) is 7.75. The fourth-order valence-corrected chi connectivity index (χ4v) is 3.88. The fourth-order valence-electron chi connectivity index (χ4n) is 3.59. The van der Waals surface area contributed by atoms with Crippen molar-refractivity contribution in [1.29, 1.82) is 0 Å². The predicted octanol–water partition coefficient (Wildman–Crippen LogP) is 2.79. The molecular weight excluding hydrogens is 475 g/mol. The van der Waals surface area contributed by atoms with Crippen LogP contribution in [0, 0.1) is 0 Å². The van der Waals surface area contributed by atoms with E-state index in [1.807, 2.05) is 4.90 Å². The Morgan fingerprint density at radius 3 is 2.35 bits per heavy atom. The number of piperazine rings is 1. The molecule has 1 fully saturated rings. The molecule has 1 saturated heterocycles. The van der Waals surface area contributed by atoms with Crippen LogP contribution in [0.3, 0.4) is 0 Å². The molecule has 2 N–H and O–H groups in total. The number of hydrogen-bond donors (Lipinski definition) is 1. The Morgan fingerprint density at radius 1 is 1.18 bits per heavy atom. The van der Waals surface area contributed by atoms with Crippen molar-refractivity contribution in [3.63, 3.8) is 0 Å². The van der Waals surface area contributed by atoms with Crippen LogP contribution < -0.4 is 20.3 Å². The number of anilines is 2. The van der Waals surface area contributed by atoms with E-state index in [1.165, 1.54) is 12.0 Å². The number of carbonyl (C=O) groups excluding carboxylic acids is 2. The number of carbonyl (C=O) groups is 2. The van der Waals surface area contributed by atoms with E-state index in [0.717, 1.165) is 12.3 Å².